The van der Waals surface area contributed by atoms with Crippen molar-refractivity contribution in [3.8, 4) is 6.07 Å². The average molecular weight is 543 g/mol. The van der Waals surface area contributed by atoms with E-state index in [-0.39, 0.29) is 17.0 Å². The number of aliphatic hydroxyl groups excluding tert-OH is 2. The van der Waals surface area contributed by atoms with E-state index in [4.69, 9.17) is 20.3 Å². The van der Waals surface area contributed by atoms with E-state index in [2.05, 4.69) is 23.2 Å². The fraction of sp³-hybridized carbons (Fsp3) is 0.417. The normalized spacial score (nSPS) is 28.9. The van der Waals surface area contributed by atoms with Crippen LogP contribution >= 0.6 is 23.5 Å². The van der Waals surface area contributed by atoms with Crippen LogP contribution in [0.15, 0.2) is 12.4 Å². The van der Waals surface area contributed by atoms with Gasteiger partial charge in [0, 0.05) is 0 Å². The summed E-state index contributed by atoms with van der Waals surface area (Å²) in [6.45, 7) is -1.09. The van der Waals surface area contributed by atoms with Crippen LogP contribution in [-0.4, -0.2) is 77.1 Å². The summed E-state index contributed by atoms with van der Waals surface area (Å²) >= 11 is 0. The fourth-order valence-corrected chi connectivity index (χ4v) is 6.33. The highest BCUT2D eigenvalue weighted by Crippen LogP contribution is 2.66. The molecule has 22 heteroatoms. The van der Waals surface area contributed by atoms with E-state index in [1.54, 1.807) is 13.9 Å². The first-order valence-electron chi connectivity index (χ1n) is 8.85. The second-order valence-electron chi connectivity index (χ2n) is 6.94. The molecule has 1 fully saturated rings. The Morgan fingerprint density at radius 2 is 1.88 bits per heavy atom. The van der Waals surface area contributed by atoms with Crippen molar-refractivity contribution in [3.05, 3.63) is 18.1 Å². The van der Waals surface area contributed by atoms with Gasteiger partial charge in [0.2, 0.25) is 5.60 Å². The van der Waals surface area contributed by atoms with Crippen LogP contribution in [0.5, 0.6) is 0 Å². The van der Waals surface area contributed by atoms with Crippen LogP contribution in [0.25, 0.3) is 5.52 Å². The van der Waals surface area contributed by atoms with E-state index < -0.39 is 54.0 Å². The van der Waals surface area contributed by atoms with Gasteiger partial charge in [0.05, 0.1) is 12.3 Å². The van der Waals surface area contributed by atoms with Crippen LogP contribution in [0, 0.1) is 11.3 Å². The van der Waals surface area contributed by atoms with Crippen molar-refractivity contribution in [1.29, 1.82) is 5.26 Å². The first-order chi connectivity index (χ1) is 15.5. The van der Waals surface area contributed by atoms with Crippen molar-refractivity contribution in [2.75, 3.05) is 12.3 Å². The van der Waals surface area contributed by atoms with Gasteiger partial charge in [-0.1, -0.05) is 5.46 Å². The Hall–Kier alpha value is -1.74. The number of nitrogen functional groups attached to an aromatic ring is 1. The van der Waals surface area contributed by atoms with Crippen molar-refractivity contribution >= 4 is 48.1 Å². The third-order valence-electron chi connectivity index (χ3n) is 4.60. The highest BCUT2D eigenvalue weighted by molar-refractivity contribution is 7.66. The minimum Gasteiger partial charge on any atom is -0.387 e. The number of hydrogen-bond acceptors (Lipinski definition) is 13. The molecule has 0 radical (unpaired) electrons. The molecule has 2 aromatic rings. The van der Waals surface area contributed by atoms with Crippen LogP contribution < -0.4 is 11.2 Å². The van der Waals surface area contributed by atoms with E-state index in [0.717, 1.165) is 10.8 Å². The predicted molar refractivity (Wildman–Crippen MR) is 110 cm³/mol. The number of phosphoric ester groups is 1. The summed E-state index contributed by atoms with van der Waals surface area (Å²) in [5, 5.41) is 34.8. The number of ether oxygens (including phenoxy) is 1. The number of aliphatic hydroxyl groups is 2. The monoisotopic (exact) mass is 543 g/mol. The predicted octanol–water partition coefficient (Wildman–Crippen LogP) is -3.25. The van der Waals surface area contributed by atoms with Crippen molar-refractivity contribution in [1.82, 2.24) is 14.6 Å². The second-order valence-corrected chi connectivity index (χ2v) is 11.4. The minimum atomic E-state index is -5.77. The lowest BCUT2D eigenvalue weighted by molar-refractivity contribution is -0.0634. The Kier molecular flexibility index (Phi) is 7.15. The van der Waals surface area contributed by atoms with Gasteiger partial charge in [-0.05, 0) is 6.07 Å². The van der Waals surface area contributed by atoms with Crippen LogP contribution in [-0.2, 0) is 37.2 Å². The molecule has 8 N–H and O–H groups in total. The standard InChI is InChI=1S/C12H17BN5O13P3/c13-5-1-7(18-8(5)11(15)16-4-17-18)12(3-14)10(20)9(19)6(29-12)2-28-33(24,25)31-34(26,27)30-32(21,22)23/h1,4,6,9-10,19-20H,2,13H2,(H,24,25)(H,26,27)(H2,15,16,17)(H2,21,22,23)/t6-,9-,10-,12+/m1/s1. The van der Waals surface area contributed by atoms with Gasteiger partial charge in [-0.2, -0.15) is 19.0 Å². The van der Waals surface area contributed by atoms with E-state index in [1.165, 1.54) is 6.07 Å². The molecule has 0 aromatic carbocycles. The van der Waals surface area contributed by atoms with Gasteiger partial charge in [-0.15, -0.1) is 0 Å². The summed E-state index contributed by atoms with van der Waals surface area (Å²) in [6, 6.07) is 3.12. The van der Waals surface area contributed by atoms with Gasteiger partial charge < -0.3 is 40.3 Å². The third kappa shape index (κ3) is 5.25. The Bertz CT molecular complexity index is 1290. The summed E-state index contributed by atoms with van der Waals surface area (Å²) in [4.78, 5) is 39.7. The van der Waals surface area contributed by atoms with Crippen LogP contribution in [0.4, 0.5) is 5.82 Å². The molecule has 3 heterocycles. The largest absolute Gasteiger partial charge is 0.490 e. The van der Waals surface area contributed by atoms with E-state index in [0.29, 0.717) is 5.46 Å². The number of rotatable bonds is 8. The lowest BCUT2D eigenvalue weighted by Crippen LogP contribution is -2.41. The summed E-state index contributed by atoms with van der Waals surface area (Å²) in [7, 11) is -15.3. The Morgan fingerprint density at radius 1 is 1.24 bits per heavy atom. The van der Waals surface area contributed by atoms with E-state index in [9.17, 15) is 39.0 Å². The maximum Gasteiger partial charge on any atom is 0.490 e. The topological polar surface area (TPSA) is 290 Å². The van der Waals surface area contributed by atoms with Crippen molar-refractivity contribution < 1.29 is 61.4 Å². The molecule has 1 saturated heterocycles. The molecule has 34 heavy (non-hydrogen) atoms. The van der Waals surface area contributed by atoms with E-state index >= 15 is 0 Å². The number of nitriles is 1. The third-order valence-corrected chi connectivity index (χ3v) is 8.40. The minimum absolute atomic E-state index is 0.0454. The number of phosphoric acid groups is 3. The summed E-state index contributed by atoms with van der Waals surface area (Å²) < 4.78 is 52.3. The highest BCUT2D eigenvalue weighted by atomic mass is 31.3. The van der Waals surface area contributed by atoms with Crippen molar-refractivity contribution in [3.63, 3.8) is 0 Å². The van der Waals surface area contributed by atoms with Gasteiger partial charge in [0.1, 0.15) is 44.1 Å². The van der Waals surface area contributed by atoms with Gasteiger partial charge in [-0.25, -0.2) is 23.2 Å². The second kappa shape index (κ2) is 9.05. The molecule has 0 aliphatic carbocycles. The lowest BCUT2D eigenvalue weighted by Gasteiger charge is -2.24. The first kappa shape index (κ1) is 26.9. The lowest BCUT2D eigenvalue weighted by atomic mass is 9.90. The zero-order valence-corrected chi connectivity index (χ0v) is 19.5. The molecule has 0 bridgehead atoms. The number of hydrogen-bond donors (Lipinski definition) is 7. The molecule has 3 rings (SSSR count). The van der Waals surface area contributed by atoms with Crippen molar-refractivity contribution in [2.45, 2.75) is 23.9 Å². The molecule has 1 aliphatic rings. The molecule has 6 atom stereocenters. The molecule has 1 aliphatic heterocycles. The van der Waals surface area contributed by atoms with Gasteiger partial charge in [0.15, 0.2) is 5.82 Å². The molecular weight excluding hydrogens is 526 g/mol. The Balaban J connectivity index is 1.84. The zero-order valence-electron chi connectivity index (χ0n) is 16.8. The quantitative estimate of drug-likeness (QED) is 0.127. The van der Waals surface area contributed by atoms with Crippen LogP contribution in [0.3, 0.4) is 0 Å². The summed E-state index contributed by atoms with van der Waals surface area (Å²) in [5.41, 5.74) is 4.26. The maximum atomic E-state index is 11.9. The number of aromatic nitrogens is 3. The molecule has 186 valence electrons. The molecule has 0 spiro atoms. The van der Waals surface area contributed by atoms with Gasteiger partial charge in [0.25, 0.3) is 0 Å². The fourth-order valence-electron chi connectivity index (χ4n) is 3.31. The molecule has 2 aromatic heterocycles. The summed E-state index contributed by atoms with van der Waals surface area (Å²) in [6.07, 6.45) is -4.44. The number of anilines is 1. The molecular formula is C12H17BN5O13P3. The number of nitrogens with two attached hydrogens (primary N) is 1. The molecule has 18 nitrogen and oxygen atoms in total. The Morgan fingerprint density at radius 3 is 2.47 bits per heavy atom. The van der Waals surface area contributed by atoms with Crippen molar-refractivity contribution in [2.24, 2.45) is 0 Å². The van der Waals surface area contributed by atoms with E-state index in [1.807, 2.05) is 0 Å². The average Bonchev–Trinajstić information content (AvgIpc) is 3.14. The SMILES string of the molecule is Bc1cc([C@]2(C#N)O[C@H](COP(=O)(O)OP(=O)(O)OP(=O)(O)O)[C@@H](O)[C@H]2O)n2ncnc(N)c12. The number of fused-ring (bicyclic) bond motifs is 1. The smallest absolute Gasteiger partial charge is 0.387 e. The highest BCUT2D eigenvalue weighted by Gasteiger charge is 2.58. The van der Waals surface area contributed by atoms with Gasteiger partial charge >= 0.3 is 23.5 Å². The first-order valence-corrected chi connectivity index (χ1v) is 13.4. The van der Waals surface area contributed by atoms with Gasteiger partial charge in [-0.3, -0.25) is 4.52 Å². The molecule has 2 unspecified atom stereocenters. The zero-order chi connectivity index (χ0) is 25.7. The van der Waals surface area contributed by atoms with Crippen LogP contribution in [0.1, 0.15) is 5.69 Å². The molecule has 0 saturated carbocycles. The Labute approximate surface area is 190 Å². The molecule has 0 amide bonds. The van der Waals surface area contributed by atoms with Crippen LogP contribution in [0.2, 0.25) is 0 Å². The number of nitrogens with zero attached hydrogens (tertiary/aromatic N) is 4. The maximum absolute atomic E-state index is 11.9. The summed E-state index contributed by atoms with van der Waals surface area (Å²) in [5.74, 6) is 0.0454.